The van der Waals surface area contributed by atoms with Gasteiger partial charge in [0.1, 0.15) is 0 Å². The van der Waals surface area contributed by atoms with Crippen LogP contribution in [0.3, 0.4) is 0 Å². The molecule has 2 atom stereocenters. The second kappa shape index (κ2) is 5.37. The predicted octanol–water partition coefficient (Wildman–Crippen LogP) is 3.48. The fraction of sp³-hybridized carbons (Fsp3) is 0.357. The highest BCUT2D eigenvalue weighted by atomic mass is 35.5. The minimum absolute atomic E-state index is 0.00249. The average molecular weight is 313 g/mol. The van der Waals surface area contributed by atoms with Crippen LogP contribution in [0.1, 0.15) is 12.5 Å². The van der Waals surface area contributed by atoms with Crippen LogP contribution in [0.2, 0.25) is 10.0 Å². The van der Waals surface area contributed by atoms with Gasteiger partial charge in [-0.2, -0.15) is 5.10 Å². The van der Waals surface area contributed by atoms with Gasteiger partial charge in [-0.05, 0) is 25.1 Å². The first kappa shape index (κ1) is 13.9. The summed E-state index contributed by atoms with van der Waals surface area (Å²) in [4.78, 5) is 0. The molecule has 2 aromatic rings. The highest BCUT2D eigenvalue weighted by Crippen LogP contribution is 2.40. The third-order valence-corrected chi connectivity index (χ3v) is 3.76. The number of nitrogens with zero attached hydrogens (tertiary/aromatic N) is 2. The van der Waals surface area contributed by atoms with Crippen LogP contribution in [-0.4, -0.2) is 22.5 Å². The summed E-state index contributed by atoms with van der Waals surface area (Å²) in [7, 11) is 0. The van der Waals surface area contributed by atoms with E-state index in [0.717, 1.165) is 5.56 Å². The van der Waals surface area contributed by atoms with Crippen molar-refractivity contribution in [1.29, 1.82) is 0 Å². The Balaban J connectivity index is 2.01. The zero-order valence-corrected chi connectivity index (χ0v) is 12.4. The molecule has 0 aliphatic carbocycles. The number of hydrogen-bond donors (Lipinski definition) is 0. The number of aromatic nitrogens is 2. The van der Waals surface area contributed by atoms with Gasteiger partial charge in [-0.25, -0.2) is 0 Å². The zero-order valence-electron chi connectivity index (χ0n) is 10.9. The molecule has 2 unspecified atom stereocenters. The molecule has 0 N–H and O–H groups in total. The summed E-state index contributed by atoms with van der Waals surface area (Å²) in [5.41, 5.74) is 0.767. The van der Waals surface area contributed by atoms with Gasteiger partial charge in [-0.1, -0.05) is 29.3 Å². The van der Waals surface area contributed by atoms with Crippen LogP contribution in [0.5, 0.6) is 0 Å². The molecule has 1 aromatic carbocycles. The number of rotatable bonds is 3. The molecule has 106 valence electrons. The minimum atomic E-state index is -0.924. The summed E-state index contributed by atoms with van der Waals surface area (Å²) in [5, 5.41) is 5.32. The Hall–Kier alpha value is -1.07. The summed E-state index contributed by atoms with van der Waals surface area (Å²) < 4.78 is 13.7. The van der Waals surface area contributed by atoms with Gasteiger partial charge >= 0.3 is 0 Å². The average Bonchev–Trinajstić information content (AvgIpc) is 3.00. The van der Waals surface area contributed by atoms with Gasteiger partial charge in [-0.15, -0.1) is 0 Å². The summed E-state index contributed by atoms with van der Waals surface area (Å²) in [6.07, 6.45) is 3.58. The standard InChI is InChI=1S/C14H14Cl2N2O2/c1-10-8-19-14(20-10,9-18-6-2-5-17-18)12-4-3-11(15)7-13(12)16/h2-7,10H,8-9H2,1H3. The third-order valence-electron chi connectivity index (χ3n) is 3.21. The van der Waals surface area contributed by atoms with Crippen molar-refractivity contribution in [2.75, 3.05) is 6.61 Å². The molecular weight excluding hydrogens is 299 g/mol. The van der Waals surface area contributed by atoms with Crippen LogP contribution >= 0.6 is 23.2 Å². The molecule has 1 fully saturated rings. The van der Waals surface area contributed by atoms with E-state index in [0.29, 0.717) is 23.2 Å². The van der Waals surface area contributed by atoms with Crippen LogP contribution in [-0.2, 0) is 21.8 Å². The smallest absolute Gasteiger partial charge is 0.217 e. The molecule has 0 saturated carbocycles. The van der Waals surface area contributed by atoms with Gasteiger partial charge in [0.15, 0.2) is 0 Å². The van der Waals surface area contributed by atoms with Gasteiger partial charge in [0.05, 0.1) is 24.3 Å². The molecule has 20 heavy (non-hydrogen) atoms. The van der Waals surface area contributed by atoms with Gasteiger partial charge in [0, 0.05) is 23.0 Å². The van der Waals surface area contributed by atoms with Crippen molar-refractivity contribution in [3.63, 3.8) is 0 Å². The SMILES string of the molecule is CC1COC(Cn2cccn2)(c2ccc(Cl)cc2Cl)O1. The van der Waals surface area contributed by atoms with E-state index in [1.54, 1.807) is 23.0 Å². The molecule has 0 bridgehead atoms. The first-order valence-corrected chi connectivity index (χ1v) is 7.09. The summed E-state index contributed by atoms with van der Waals surface area (Å²) >= 11 is 12.3. The molecule has 1 aliphatic heterocycles. The minimum Gasteiger partial charge on any atom is -0.342 e. The molecule has 1 saturated heterocycles. The molecule has 0 spiro atoms. The normalized spacial score (nSPS) is 26.1. The van der Waals surface area contributed by atoms with Crippen LogP contribution < -0.4 is 0 Å². The molecular formula is C14H14Cl2N2O2. The molecule has 1 aromatic heterocycles. The Morgan fingerprint density at radius 1 is 1.45 bits per heavy atom. The molecule has 3 rings (SSSR count). The Labute approximate surface area is 127 Å². The fourth-order valence-electron chi connectivity index (χ4n) is 2.36. The van der Waals surface area contributed by atoms with Crippen molar-refractivity contribution in [3.05, 3.63) is 52.3 Å². The van der Waals surface area contributed by atoms with Gasteiger partial charge in [0.25, 0.3) is 0 Å². The Bertz CT molecular complexity index is 603. The van der Waals surface area contributed by atoms with E-state index in [4.69, 9.17) is 32.7 Å². The van der Waals surface area contributed by atoms with Crippen molar-refractivity contribution >= 4 is 23.2 Å². The lowest BCUT2D eigenvalue weighted by atomic mass is 10.1. The van der Waals surface area contributed by atoms with Crippen LogP contribution in [0.4, 0.5) is 0 Å². The molecule has 4 nitrogen and oxygen atoms in total. The lowest BCUT2D eigenvalue weighted by molar-refractivity contribution is -0.186. The molecule has 0 radical (unpaired) electrons. The lowest BCUT2D eigenvalue weighted by Gasteiger charge is -2.29. The van der Waals surface area contributed by atoms with E-state index in [9.17, 15) is 0 Å². The molecule has 2 heterocycles. The zero-order chi connectivity index (χ0) is 14.2. The highest BCUT2D eigenvalue weighted by molar-refractivity contribution is 6.35. The van der Waals surface area contributed by atoms with Gasteiger partial charge in [-0.3, -0.25) is 4.68 Å². The number of hydrogen-bond acceptors (Lipinski definition) is 3. The second-order valence-electron chi connectivity index (χ2n) is 4.82. The van der Waals surface area contributed by atoms with Crippen molar-refractivity contribution < 1.29 is 9.47 Å². The van der Waals surface area contributed by atoms with Crippen molar-refractivity contribution in [2.45, 2.75) is 25.4 Å². The van der Waals surface area contributed by atoms with E-state index in [1.807, 2.05) is 25.3 Å². The van der Waals surface area contributed by atoms with Crippen molar-refractivity contribution in [3.8, 4) is 0 Å². The quantitative estimate of drug-likeness (QED) is 0.870. The Kier molecular flexibility index (Phi) is 3.73. The number of halogens is 2. The fourth-order valence-corrected chi connectivity index (χ4v) is 2.91. The van der Waals surface area contributed by atoms with Crippen LogP contribution in [0.15, 0.2) is 36.7 Å². The lowest BCUT2D eigenvalue weighted by Crippen LogP contribution is -2.34. The van der Waals surface area contributed by atoms with Gasteiger partial charge in [0.2, 0.25) is 5.79 Å². The monoisotopic (exact) mass is 312 g/mol. The maximum Gasteiger partial charge on any atom is 0.217 e. The van der Waals surface area contributed by atoms with E-state index in [1.165, 1.54) is 0 Å². The maximum atomic E-state index is 6.31. The Morgan fingerprint density at radius 2 is 2.30 bits per heavy atom. The summed E-state index contributed by atoms with van der Waals surface area (Å²) in [5.74, 6) is -0.924. The molecule has 1 aliphatic rings. The molecule has 0 amide bonds. The van der Waals surface area contributed by atoms with Gasteiger partial charge < -0.3 is 9.47 Å². The molecule has 6 heteroatoms. The predicted molar refractivity (Wildman–Crippen MR) is 76.9 cm³/mol. The van der Waals surface area contributed by atoms with E-state index >= 15 is 0 Å². The first-order valence-electron chi connectivity index (χ1n) is 6.34. The van der Waals surface area contributed by atoms with E-state index in [-0.39, 0.29) is 6.10 Å². The third kappa shape index (κ3) is 2.56. The summed E-state index contributed by atoms with van der Waals surface area (Å²) in [6, 6.07) is 7.17. The highest BCUT2D eigenvalue weighted by Gasteiger charge is 2.43. The largest absolute Gasteiger partial charge is 0.342 e. The Morgan fingerprint density at radius 3 is 2.90 bits per heavy atom. The van der Waals surface area contributed by atoms with Crippen LogP contribution in [0.25, 0.3) is 0 Å². The number of ether oxygens (including phenoxy) is 2. The maximum absolute atomic E-state index is 6.31. The van der Waals surface area contributed by atoms with E-state index < -0.39 is 5.79 Å². The van der Waals surface area contributed by atoms with Crippen LogP contribution in [0, 0.1) is 0 Å². The first-order chi connectivity index (χ1) is 9.59. The summed E-state index contributed by atoms with van der Waals surface area (Å²) in [6.45, 7) is 2.92. The van der Waals surface area contributed by atoms with Crippen molar-refractivity contribution in [1.82, 2.24) is 9.78 Å². The van der Waals surface area contributed by atoms with E-state index in [2.05, 4.69) is 5.10 Å². The van der Waals surface area contributed by atoms with Crippen molar-refractivity contribution in [2.24, 2.45) is 0 Å². The second-order valence-corrected chi connectivity index (χ2v) is 5.66. The topological polar surface area (TPSA) is 36.3 Å². The number of benzene rings is 1.